The average molecular weight is 402 g/mol. The van der Waals surface area contributed by atoms with E-state index < -0.39 is 0 Å². The van der Waals surface area contributed by atoms with E-state index in [1.807, 2.05) is 72.5 Å². The van der Waals surface area contributed by atoms with Crippen molar-refractivity contribution < 1.29 is 9.53 Å². The molecule has 4 rings (SSSR count). The van der Waals surface area contributed by atoms with Gasteiger partial charge in [-0.3, -0.25) is 4.79 Å². The third-order valence-corrected chi connectivity index (χ3v) is 5.31. The Kier molecular flexibility index (Phi) is 5.93. The zero-order valence-corrected chi connectivity index (χ0v) is 17.4. The molecule has 30 heavy (non-hydrogen) atoms. The summed E-state index contributed by atoms with van der Waals surface area (Å²) in [6.45, 7) is 6.23. The molecular weight excluding hydrogens is 376 g/mol. The molecule has 0 spiro atoms. The maximum atomic E-state index is 12.8. The average Bonchev–Trinajstić information content (AvgIpc) is 2.74. The standard InChI is InChI=1S/C24H26N4O2/c1-18-7-6-10-21(13-18)30-23-15-22(25-17-26-23)27-11-12-28(19(2)16-27)24(29)14-20-8-4-3-5-9-20/h3-10,13,15,17,19H,11-12,14,16H2,1-2H3. The molecule has 1 amide bonds. The summed E-state index contributed by atoms with van der Waals surface area (Å²) < 4.78 is 5.90. The minimum absolute atomic E-state index is 0.103. The summed E-state index contributed by atoms with van der Waals surface area (Å²) in [5.41, 5.74) is 2.18. The van der Waals surface area contributed by atoms with Crippen molar-refractivity contribution in [1.82, 2.24) is 14.9 Å². The number of hydrogen-bond acceptors (Lipinski definition) is 5. The van der Waals surface area contributed by atoms with E-state index in [9.17, 15) is 4.79 Å². The first-order valence-corrected chi connectivity index (χ1v) is 10.2. The molecule has 1 aliphatic rings. The van der Waals surface area contributed by atoms with Crippen LogP contribution in [0.1, 0.15) is 18.1 Å². The van der Waals surface area contributed by atoms with Crippen LogP contribution in [0.5, 0.6) is 11.6 Å². The lowest BCUT2D eigenvalue weighted by atomic mass is 10.1. The van der Waals surface area contributed by atoms with Crippen molar-refractivity contribution in [2.24, 2.45) is 0 Å². The number of piperazine rings is 1. The number of ether oxygens (including phenoxy) is 1. The molecule has 2 aromatic carbocycles. The maximum absolute atomic E-state index is 12.8. The van der Waals surface area contributed by atoms with Gasteiger partial charge in [-0.25, -0.2) is 9.97 Å². The van der Waals surface area contributed by atoms with Crippen LogP contribution in [-0.4, -0.2) is 46.5 Å². The number of anilines is 1. The van der Waals surface area contributed by atoms with Gasteiger partial charge in [-0.1, -0.05) is 42.5 Å². The predicted molar refractivity (Wildman–Crippen MR) is 117 cm³/mol. The second kappa shape index (κ2) is 8.95. The molecule has 6 heteroatoms. The largest absolute Gasteiger partial charge is 0.439 e. The highest BCUT2D eigenvalue weighted by Crippen LogP contribution is 2.24. The van der Waals surface area contributed by atoms with E-state index in [4.69, 9.17) is 4.74 Å². The Hall–Kier alpha value is -3.41. The second-order valence-electron chi connectivity index (χ2n) is 7.68. The van der Waals surface area contributed by atoms with Crippen LogP contribution in [0.15, 0.2) is 67.0 Å². The summed E-state index contributed by atoms with van der Waals surface area (Å²) >= 11 is 0. The van der Waals surface area contributed by atoms with Crippen molar-refractivity contribution in [1.29, 1.82) is 0 Å². The van der Waals surface area contributed by atoms with Crippen molar-refractivity contribution in [2.75, 3.05) is 24.5 Å². The number of benzene rings is 2. The van der Waals surface area contributed by atoms with Crippen LogP contribution in [0, 0.1) is 6.92 Å². The Bertz CT molecular complexity index is 1010. The number of nitrogens with zero attached hydrogens (tertiary/aromatic N) is 4. The van der Waals surface area contributed by atoms with E-state index in [1.165, 1.54) is 6.33 Å². The smallest absolute Gasteiger partial charge is 0.227 e. The first kappa shape index (κ1) is 19.9. The van der Waals surface area contributed by atoms with Crippen molar-refractivity contribution in [3.8, 4) is 11.6 Å². The number of aromatic nitrogens is 2. The highest BCUT2D eigenvalue weighted by molar-refractivity contribution is 5.79. The molecule has 1 atom stereocenters. The van der Waals surface area contributed by atoms with Gasteiger partial charge in [0.05, 0.1) is 6.42 Å². The summed E-state index contributed by atoms with van der Waals surface area (Å²) in [4.78, 5) is 25.6. The molecule has 0 N–H and O–H groups in total. The van der Waals surface area contributed by atoms with Crippen molar-refractivity contribution in [2.45, 2.75) is 26.3 Å². The van der Waals surface area contributed by atoms with Gasteiger partial charge in [0.25, 0.3) is 0 Å². The molecule has 0 radical (unpaired) electrons. The molecule has 1 fully saturated rings. The van der Waals surface area contributed by atoms with Crippen LogP contribution in [0.3, 0.4) is 0 Å². The number of aryl methyl sites for hydroxylation is 1. The number of rotatable bonds is 5. The van der Waals surface area contributed by atoms with Gasteiger partial charge in [-0.05, 0) is 37.1 Å². The van der Waals surface area contributed by atoms with Gasteiger partial charge < -0.3 is 14.5 Å². The van der Waals surface area contributed by atoms with Gasteiger partial charge in [0.1, 0.15) is 17.9 Å². The zero-order valence-electron chi connectivity index (χ0n) is 17.4. The van der Waals surface area contributed by atoms with Crippen LogP contribution in [0.2, 0.25) is 0 Å². The minimum atomic E-state index is 0.103. The molecule has 1 aliphatic heterocycles. The lowest BCUT2D eigenvalue weighted by Crippen LogP contribution is -2.54. The SMILES string of the molecule is Cc1cccc(Oc2cc(N3CCN(C(=O)Cc4ccccc4)C(C)C3)ncn2)c1. The number of carbonyl (C=O) groups excluding carboxylic acids is 1. The fraction of sp³-hybridized carbons (Fsp3) is 0.292. The van der Waals surface area contributed by atoms with Gasteiger partial charge in [-0.2, -0.15) is 0 Å². The van der Waals surface area contributed by atoms with E-state index in [1.54, 1.807) is 0 Å². The molecule has 154 valence electrons. The summed E-state index contributed by atoms with van der Waals surface area (Å²) in [5.74, 6) is 2.25. The monoisotopic (exact) mass is 402 g/mol. The fourth-order valence-corrected chi connectivity index (χ4v) is 3.77. The molecule has 1 saturated heterocycles. The van der Waals surface area contributed by atoms with Crippen LogP contribution in [-0.2, 0) is 11.2 Å². The molecule has 0 bridgehead atoms. The highest BCUT2D eigenvalue weighted by atomic mass is 16.5. The fourth-order valence-electron chi connectivity index (χ4n) is 3.77. The Labute approximate surface area is 177 Å². The van der Waals surface area contributed by atoms with Crippen molar-refractivity contribution in [3.63, 3.8) is 0 Å². The topological polar surface area (TPSA) is 58.6 Å². The van der Waals surface area contributed by atoms with Crippen LogP contribution < -0.4 is 9.64 Å². The third-order valence-electron chi connectivity index (χ3n) is 5.31. The summed E-state index contributed by atoms with van der Waals surface area (Å²) in [6.07, 6.45) is 1.96. The quantitative estimate of drug-likeness (QED) is 0.649. The number of hydrogen-bond donors (Lipinski definition) is 0. The summed E-state index contributed by atoms with van der Waals surface area (Å²) in [5, 5.41) is 0. The highest BCUT2D eigenvalue weighted by Gasteiger charge is 2.28. The zero-order chi connectivity index (χ0) is 20.9. The molecular formula is C24H26N4O2. The lowest BCUT2D eigenvalue weighted by Gasteiger charge is -2.40. The minimum Gasteiger partial charge on any atom is -0.439 e. The normalized spacial score (nSPS) is 16.4. The maximum Gasteiger partial charge on any atom is 0.227 e. The van der Waals surface area contributed by atoms with E-state index in [0.29, 0.717) is 18.8 Å². The second-order valence-corrected chi connectivity index (χ2v) is 7.68. The Morgan fingerprint density at radius 2 is 1.90 bits per heavy atom. The summed E-state index contributed by atoms with van der Waals surface area (Å²) in [7, 11) is 0. The van der Waals surface area contributed by atoms with Gasteiger partial charge in [0, 0.05) is 31.7 Å². The van der Waals surface area contributed by atoms with Gasteiger partial charge in [-0.15, -0.1) is 0 Å². The van der Waals surface area contributed by atoms with Gasteiger partial charge in [0.2, 0.25) is 11.8 Å². The van der Waals surface area contributed by atoms with Crippen LogP contribution in [0.25, 0.3) is 0 Å². The lowest BCUT2D eigenvalue weighted by molar-refractivity contribution is -0.132. The van der Waals surface area contributed by atoms with Crippen LogP contribution in [0.4, 0.5) is 5.82 Å². The van der Waals surface area contributed by atoms with E-state index in [0.717, 1.165) is 35.8 Å². The number of carbonyl (C=O) groups is 1. The third kappa shape index (κ3) is 4.76. The van der Waals surface area contributed by atoms with Gasteiger partial charge in [0.15, 0.2) is 0 Å². The van der Waals surface area contributed by atoms with Crippen molar-refractivity contribution >= 4 is 11.7 Å². The molecule has 0 aliphatic carbocycles. The Morgan fingerprint density at radius 1 is 1.07 bits per heavy atom. The molecule has 0 saturated carbocycles. The van der Waals surface area contributed by atoms with Gasteiger partial charge >= 0.3 is 0 Å². The molecule has 3 aromatic rings. The first-order chi connectivity index (χ1) is 14.6. The van der Waals surface area contributed by atoms with E-state index in [2.05, 4.69) is 21.8 Å². The predicted octanol–water partition coefficient (Wildman–Crippen LogP) is 3.86. The van der Waals surface area contributed by atoms with Crippen molar-refractivity contribution in [3.05, 3.63) is 78.1 Å². The molecule has 1 aromatic heterocycles. The first-order valence-electron chi connectivity index (χ1n) is 10.2. The molecule has 6 nitrogen and oxygen atoms in total. The number of amides is 1. The summed E-state index contributed by atoms with van der Waals surface area (Å²) in [6, 6.07) is 19.7. The van der Waals surface area contributed by atoms with Crippen LogP contribution >= 0.6 is 0 Å². The molecule has 1 unspecified atom stereocenters. The van der Waals surface area contributed by atoms with E-state index >= 15 is 0 Å². The molecule has 2 heterocycles. The van der Waals surface area contributed by atoms with E-state index in [-0.39, 0.29) is 11.9 Å². The Balaban J connectivity index is 1.40. The Morgan fingerprint density at radius 3 is 2.67 bits per heavy atom.